The summed E-state index contributed by atoms with van der Waals surface area (Å²) in [5, 5.41) is 15.3. The van der Waals surface area contributed by atoms with Crippen LogP contribution < -0.4 is 5.32 Å². The van der Waals surface area contributed by atoms with E-state index in [0.29, 0.717) is 6.54 Å². The van der Waals surface area contributed by atoms with Crippen molar-refractivity contribution in [2.75, 3.05) is 6.54 Å². The lowest BCUT2D eigenvalue weighted by Gasteiger charge is -2.35. The average molecular weight is 281 g/mol. The number of thiophene rings is 1. The van der Waals surface area contributed by atoms with Gasteiger partial charge in [0, 0.05) is 6.54 Å². The summed E-state index contributed by atoms with van der Waals surface area (Å²) >= 11 is 1.45. The molecule has 1 aromatic heterocycles. The van der Waals surface area contributed by atoms with E-state index >= 15 is 0 Å². The molecule has 3 nitrogen and oxygen atoms in total. The second-order valence-electron chi connectivity index (χ2n) is 5.69. The van der Waals surface area contributed by atoms with Gasteiger partial charge in [0.2, 0.25) is 0 Å². The Bertz CT molecular complexity index is 433. The van der Waals surface area contributed by atoms with E-state index in [1.54, 1.807) is 0 Å². The van der Waals surface area contributed by atoms with Crippen molar-refractivity contribution in [1.82, 2.24) is 5.32 Å². The van der Waals surface area contributed by atoms with Crippen molar-refractivity contribution in [1.29, 1.82) is 0 Å². The number of rotatable bonds is 4. The zero-order valence-electron chi connectivity index (χ0n) is 11.7. The number of hydrogen-bond donors (Lipinski definition) is 2. The number of aryl methyl sites for hydroxylation is 1. The van der Waals surface area contributed by atoms with Crippen LogP contribution in [0.25, 0.3) is 0 Å². The summed E-state index contributed by atoms with van der Waals surface area (Å²) < 4.78 is 0. The third-order valence-corrected chi connectivity index (χ3v) is 5.27. The highest BCUT2D eigenvalue weighted by Gasteiger charge is 2.33. The summed E-state index contributed by atoms with van der Waals surface area (Å²) in [6.45, 7) is 4.52. The first-order valence-corrected chi connectivity index (χ1v) is 7.97. The van der Waals surface area contributed by atoms with Crippen molar-refractivity contribution >= 4 is 17.2 Å². The summed E-state index contributed by atoms with van der Waals surface area (Å²) in [6, 6.07) is 1.95. The van der Waals surface area contributed by atoms with Crippen LogP contribution in [0.15, 0.2) is 11.4 Å². The monoisotopic (exact) mass is 281 g/mol. The number of nitrogens with one attached hydrogen (secondary N) is 1. The number of carbonyl (C=O) groups excluding carboxylic acids is 1. The van der Waals surface area contributed by atoms with Crippen LogP contribution in [-0.4, -0.2) is 23.2 Å². The Morgan fingerprint density at radius 3 is 2.74 bits per heavy atom. The quantitative estimate of drug-likeness (QED) is 0.891. The van der Waals surface area contributed by atoms with Crippen LogP contribution >= 0.6 is 11.3 Å². The molecule has 1 aromatic rings. The molecule has 0 aliphatic heterocycles. The second kappa shape index (κ2) is 6.06. The van der Waals surface area contributed by atoms with Gasteiger partial charge in [-0.2, -0.15) is 0 Å². The molecule has 0 spiro atoms. The highest BCUT2D eigenvalue weighted by molar-refractivity contribution is 7.12. The first-order chi connectivity index (χ1) is 9.04. The number of aliphatic hydroxyl groups is 1. The molecule has 0 radical (unpaired) electrons. The topological polar surface area (TPSA) is 49.3 Å². The fraction of sp³-hybridized carbons (Fsp3) is 0.667. The fourth-order valence-electron chi connectivity index (χ4n) is 2.73. The zero-order valence-corrected chi connectivity index (χ0v) is 12.6. The molecule has 0 unspecified atom stereocenters. The van der Waals surface area contributed by atoms with E-state index in [-0.39, 0.29) is 5.91 Å². The van der Waals surface area contributed by atoms with Crippen LogP contribution in [0.5, 0.6) is 0 Å². The van der Waals surface area contributed by atoms with Gasteiger partial charge in [0.05, 0.1) is 10.5 Å². The minimum Gasteiger partial charge on any atom is -0.388 e. The fourth-order valence-corrected chi connectivity index (χ4v) is 3.57. The van der Waals surface area contributed by atoms with Gasteiger partial charge in [0.15, 0.2) is 0 Å². The van der Waals surface area contributed by atoms with E-state index in [2.05, 4.69) is 12.2 Å². The van der Waals surface area contributed by atoms with E-state index in [9.17, 15) is 9.90 Å². The van der Waals surface area contributed by atoms with E-state index < -0.39 is 5.60 Å². The molecule has 2 N–H and O–H groups in total. The first-order valence-electron chi connectivity index (χ1n) is 7.09. The number of hydrogen-bond acceptors (Lipinski definition) is 3. The van der Waals surface area contributed by atoms with Gasteiger partial charge in [-0.25, -0.2) is 0 Å². The Kier molecular flexibility index (Phi) is 4.63. The molecule has 1 heterocycles. The molecular weight excluding hydrogens is 258 g/mol. The molecule has 106 valence electrons. The predicted molar refractivity (Wildman–Crippen MR) is 78.6 cm³/mol. The van der Waals surface area contributed by atoms with Crippen molar-refractivity contribution < 1.29 is 9.90 Å². The maximum atomic E-state index is 12.0. The lowest BCUT2D eigenvalue weighted by molar-refractivity contribution is -0.00784. The molecule has 0 atom stereocenters. The Morgan fingerprint density at radius 1 is 1.53 bits per heavy atom. The molecule has 1 amide bonds. The standard InChI is InChI=1S/C15H23NO2S/c1-3-12-4-7-15(18,8-5-12)10-16-14(17)13-11(2)6-9-19-13/h6,9,12,18H,3-5,7-8,10H2,1-2H3,(H,16,17). The Labute approximate surface area is 119 Å². The average Bonchev–Trinajstić information content (AvgIpc) is 2.83. The number of amides is 1. The summed E-state index contributed by atoms with van der Waals surface area (Å²) in [5.74, 6) is 0.689. The van der Waals surface area contributed by atoms with E-state index in [4.69, 9.17) is 0 Å². The normalized spacial score (nSPS) is 27.2. The second-order valence-corrected chi connectivity index (χ2v) is 6.61. The molecule has 1 aliphatic carbocycles. The Morgan fingerprint density at radius 2 is 2.21 bits per heavy atom. The van der Waals surface area contributed by atoms with Gasteiger partial charge < -0.3 is 10.4 Å². The molecular formula is C15H23NO2S. The van der Waals surface area contributed by atoms with Gasteiger partial charge >= 0.3 is 0 Å². The predicted octanol–water partition coefficient (Wildman–Crippen LogP) is 3.12. The largest absolute Gasteiger partial charge is 0.388 e. The van der Waals surface area contributed by atoms with Crippen molar-refractivity contribution in [3.05, 3.63) is 21.9 Å². The Balaban J connectivity index is 1.85. The molecule has 0 bridgehead atoms. The van der Waals surface area contributed by atoms with Crippen molar-refractivity contribution in [2.24, 2.45) is 5.92 Å². The van der Waals surface area contributed by atoms with Crippen molar-refractivity contribution in [3.63, 3.8) is 0 Å². The minimum atomic E-state index is -0.702. The van der Waals surface area contributed by atoms with Gasteiger partial charge in [-0.3, -0.25) is 4.79 Å². The lowest BCUT2D eigenvalue weighted by atomic mass is 9.78. The van der Waals surface area contributed by atoms with Crippen LogP contribution in [0, 0.1) is 12.8 Å². The number of carbonyl (C=O) groups is 1. The van der Waals surface area contributed by atoms with Gasteiger partial charge in [-0.05, 0) is 55.5 Å². The van der Waals surface area contributed by atoms with E-state index in [0.717, 1.165) is 42.0 Å². The SMILES string of the molecule is CCC1CCC(O)(CNC(=O)c2sccc2C)CC1. The molecule has 0 aromatic carbocycles. The molecule has 19 heavy (non-hydrogen) atoms. The van der Waals surface area contributed by atoms with Crippen LogP contribution in [-0.2, 0) is 0 Å². The zero-order chi connectivity index (χ0) is 13.9. The van der Waals surface area contributed by atoms with Crippen LogP contribution in [0.1, 0.15) is 54.3 Å². The van der Waals surface area contributed by atoms with Crippen LogP contribution in [0.3, 0.4) is 0 Å². The van der Waals surface area contributed by atoms with Crippen LogP contribution in [0.4, 0.5) is 0 Å². The summed E-state index contributed by atoms with van der Waals surface area (Å²) in [6.07, 6.45) is 4.93. The van der Waals surface area contributed by atoms with E-state index in [1.165, 1.54) is 17.8 Å². The summed E-state index contributed by atoms with van der Waals surface area (Å²) in [5.41, 5.74) is 0.302. The molecule has 0 saturated heterocycles. The first kappa shape index (κ1) is 14.5. The molecule has 4 heteroatoms. The van der Waals surface area contributed by atoms with Gasteiger partial charge in [0.25, 0.3) is 5.91 Å². The minimum absolute atomic E-state index is 0.0569. The van der Waals surface area contributed by atoms with Gasteiger partial charge in [0.1, 0.15) is 0 Å². The molecule has 2 rings (SSSR count). The Hall–Kier alpha value is -0.870. The highest BCUT2D eigenvalue weighted by atomic mass is 32.1. The third-order valence-electron chi connectivity index (χ3n) is 4.26. The lowest BCUT2D eigenvalue weighted by Crippen LogP contribution is -2.45. The van der Waals surface area contributed by atoms with Crippen molar-refractivity contribution in [2.45, 2.75) is 51.6 Å². The molecule has 1 fully saturated rings. The summed E-state index contributed by atoms with van der Waals surface area (Å²) in [4.78, 5) is 12.8. The van der Waals surface area contributed by atoms with Gasteiger partial charge in [-0.15, -0.1) is 11.3 Å². The molecule has 1 saturated carbocycles. The molecule has 1 aliphatic rings. The van der Waals surface area contributed by atoms with Gasteiger partial charge in [-0.1, -0.05) is 13.3 Å². The maximum absolute atomic E-state index is 12.0. The maximum Gasteiger partial charge on any atom is 0.261 e. The van der Waals surface area contributed by atoms with Crippen molar-refractivity contribution in [3.8, 4) is 0 Å². The van der Waals surface area contributed by atoms with Crippen LogP contribution in [0.2, 0.25) is 0 Å². The van der Waals surface area contributed by atoms with E-state index in [1.807, 2.05) is 18.4 Å². The smallest absolute Gasteiger partial charge is 0.261 e. The third kappa shape index (κ3) is 3.57. The highest BCUT2D eigenvalue weighted by Crippen LogP contribution is 2.33. The summed E-state index contributed by atoms with van der Waals surface area (Å²) in [7, 11) is 0.